The van der Waals surface area contributed by atoms with Crippen LogP contribution in [0.2, 0.25) is 0 Å². The van der Waals surface area contributed by atoms with E-state index in [4.69, 9.17) is 0 Å². The summed E-state index contributed by atoms with van der Waals surface area (Å²) in [5.41, 5.74) is 2.30. The Bertz CT molecular complexity index is 279. The molecule has 1 nitrogen and oxygen atoms in total. The first-order valence-electron chi connectivity index (χ1n) is 3.46. The summed E-state index contributed by atoms with van der Waals surface area (Å²) in [5.74, 6) is 0. The van der Waals surface area contributed by atoms with E-state index in [1.165, 1.54) is 5.56 Å². The SMILES string of the molecule is C/N=C\c1ccc(C)cc1S. The van der Waals surface area contributed by atoms with Gasteiger partial charge in [0.05, 0.1) is 0 Å². The van der Waals surface area contributed by atoms with Gasteiger partial charge in [0.1, 0.15) is 0 Å². The van der Waals surface area contributed by atoms with E-state index in [-0.39, 0.29) is 0 Å². The number of rotatable bonds is 1. The Hall–Kier alpha value is -0.760. The summed E-state index contributed by atoms with van der Waals surface area (Å²) in [5, 5.41) is 0. The zero-order chi connectivity index (χ0) is 8.27. The van der Waals surface area contributed by atoms with Crippen molar-refractivity contribution in [2.24, 2.45) is 4.99 Å². The maximum atomic E-state index is 4.31. The molecule has 0 fully saturated rings. The highest BCUT2D eigenvalue weighted by Gasteiger charge is 1.93. The first-order valence-corrected chi connectivity index (χ1v) is 3.90. The van der Waals surface area contributed by atoms with Crippen LogP contribution in [0.1, 0.15) is 11.1 Å². The van der Waals surface area contributed by atoms with Gasteiger partial charge in [-0.1, -0.05) is 12.1 Å². The van der Waals surface area contributed by atoms with Crippen LogP contribution in [-0.4, -0.2) is 13.3 Å². The summed E-state index contributed by atoms with van der Waals surface area (Å²) in [4.78, 5) is 4.90. The van der Waals surface area contributed by atoms with Crippen molar-refractivity contribution in [3.05, 3.63) is 29.3 Å². The van der Waals surface area contributed by atoms with Crippen molar-refractivity contribution in [1.29, 1.82) is 0 Å². The molecule has 0 N–H and O–H groups in total. The van der Waals surface area contributed by atoms with Crippen LogP contribution in [0.3, 0.4) is 0 Å². The predicted octanol–water partition coefficient (Wildman–Crippen LogP) is 2.33. The van der Waals surface area contributed by atoms with Crippen LogP contribution >= 0.6 is 12.6 Å². The molecule has 0 bridgehead atoms. The van der Waals surface area contributed by atoms with Gasteiger partial charge in [-0.2, -0.15) is 0 Å². The average molecular weight is 165 g/mol. The van der Waals surface area contributed by atoms with Crippen molar-refractivity contribution < 1.29 is 0 Å². The van der Waals surface area contributed by atoms with Gasteiger partial charge in [0, 0.05) is 23.7 Å². The monoisotopic (exact) mass is 165 g/mol. The molecule has 0 aliphatic rings. The van der Waals surface area contributed by atoms with Gasteiger partial charge in [-0.3, -0.25) is 4.99 Å². The van der Waals surface area contributed by atoms with E-state index in [0.29, 0.717) is 0 Å². The molecule has 0 radical (unpaired) electrons. The summed E-state index contributed by atoms with van der Waals surface area (Å²) < 4.78 is 0. The molecular formula is C9H11NS. The van der Waals surface area contributed by atoms with Gasteiger partial charge in [0.2, 0.25) is 0 Å². The Morgan fingerprint density at radius 2 is 2.18 bits per heavy atom. The minimum absolute atomic E-state index is 0.982. The van der Waals surface area contributed by atoms with Crippen molar-refractivity contribution in [2.75, 3.05) is 7.05 Å². The van der Waals surface area contributed by atoms with Crippen LogP contribution in [0.5, 0.6) is 0 Å². The molecule has 1 rings (SSSR count). The van der Waals surface area contributed by atoms with Gasteiger partial charge in [-0.05, 0) is 18.6 Å². The van der Waals surface area contributed by atoms with Gasteiger partial charge in [-0.15, -0.1) is 12.6 Å². The van der Waals surface area contributed by atoms with Gasteiger partial charge in [-0.25, -0.2) is 0 Å². The number of benzene rings is 1. The standard InChI is InChI=1S/C9H11NS/c1-7-3-4-8(6-10-2)9(11)5-7/h3-6,11H,1-2H3/b10-6-. The second kappa shape index (κ2) is 3.58. The van der Waals surface area contributed by atoms with E-state index in [2.05, 4.69) is 23.7 Å². The lowest BCUT2D eigenvalue weighted by atomic mass is 10.2. The highest BCUT2D eigenvalue weighted by molar-refractivity contribution is 7.80. The van der Waals surface area contributed by atoms with Crippen molar-refractivity contribution in [3.63, 3.8) is 0 Å². The fourth-order valence-electron chi connectivity index (χ4n) is 0.902. The maximum Gasteiger partial charge on any atom is 0.0292 e. The lowest BCUT2D eigenvalue weighted by Gasteiger charge is -1.98. The van der Waals surface area contributed by atoms with Gasteiger partial charge in [0.15, 0.2) is 0 Å². The molecule has 0 atom stereocenters. The molecule has 0 saturated heterocycles. The number of thiol groups is 1. The van der Waals surface area contributed by atoms with E-state index in [1.807, 2.05) is 25.3 Å². The smallest absolute Gasteiger partial charge is 0.0292 e. The molecule has 2 heteroatoms. The van der Waals surface area contributed by atoms with Crippen LogP contribution in [0.15, 0.2) is 28.1 Å². The number of nitrogens with zero attached hydrogens (tertiary/aromatic N) is 1. The Labute approximate surface area is 72.6 Å². The third-order valence-corrected chi connectivity index (χ3v) is 1.84. The summed E-state index contributed by atoms with van der Waals surface area (Å²) in [6, 6.07) is 6.10. The van der Waals surface area contributed by atoms with E-state index in [0.717, 1.165) is 10.5 Å². The Morgan fingerprint density at radius 3 is 2.73 bits per heavy atom. The van der Waals surface area contributed by atoms with E-state index < -0.39 is 0 Å². The molecule has 0 amide bonds. The van der Waals surface area contributed by atoms with Crippen molar-refractivity contribution in [2.45, 2.75) is 11.8 Å². The summed E-state index contributed by atoms with van der Waals surface area (Å²) in [6.45, 7) is 2.05. The quantitative estimate of drug-likeness (QED) is 0.484. The first kappa shape index (κ1) is 8.34. The molecule has 0 aliphatic carbocycles. The molecule has 58 valence electrons. The summed E-state index contributed by atoms with van der Waals surface area (Å²) in [6.07, 6.45) is 1.81. The van der Waals surface area contributed by atoms with Gasteiger partial charge in [0.25, 0.3) is 0 Å². The topological polar surface area (TPSA) is 12.4 Å². The molecule has 1 aromatic rings. The van der Waals surface area contributed by atoms with Crippen LogP contribution in [0, 0.1) is 6.92 Å². The molecule has 0 aliphatic heterocycles. The largest absolute Gasteiger partial charge is 0.296 e. The Kier molecular flexibility index (Phi) is 2.71. The van der Waals surface area contributed by atoms with E-state index >= 15 is 0 Å². The molecule has 0 aromatic heterocycles. The molecular weight excluding hydrogens is 154 g/mol. The molecule has 0 heterocycles. The lowest BCUT2D eigenvalue weighted by molar-refractivity contribution is 1.34. The number of hydrogen-bond donors (Lipinski definition) is 1. The Morgan fingerprint density at radius 1 is 1.45 bits per heavy atom. The van der Waals surface area contributed by atoms with Gasteiger partial charge >= 0.3 is 0 Å². The van der Waals surface area contributed by atoms with Crippen LogP contribution < -0.4 is 0 Å². The Balaban J connectivity index is 3.09. The van der Waals surface area contributed by atoms with Crippen molar-refractivity contribution >= 4 is 18.8 Å². The van der Waals surface area contributed by atoms with Gasteiger partial charge < -0.3 is 0 Å². The third-order valence-electron chi connectivity index (χ3n) is 1.45. The lowest BCUT2D eigenvalue weighted by Crippen LogP contribution is -1.84. The zero-order valence-corrected chi connectivity index (χ0v) is 7.60. The molecule has 11 heavy (non-hydrogen) atoms. The van der Waals surface area contributed by atoms with E-state index in [9.17, 15) is 0 Å². The van der Waals surface area contributed by atoms with Crippen LogP contribution in [0.25, 0.3) is 0 Å². The fraction of sp³-hybridized carbons (Fsp3) is 0.222. The zero-order valence-electron chi connectivity index (χ0n) is 6.70. The number of aryl methyl sites for hydroxylation is 1. The van der Waals surface area contributed by atoms with Crippen molar-refractivity contribution in [1.82, 2.24) is 0 Å². The highest BCUT2D eigenvalue weighted by atomic mass is 32.1. The molecule has 1 aromatic carbocycles. The fourth-order valence-corrected chi connectivity index (χ4v) is 1.24. The van der Waals surface area contributed by atoms with Crippen LogP contribution in [-0.2, 0) is 0 Å². The second-order valence-electron chi connectivity index (χ2n) is 2.45. The first-order chi connectivity index (χ1) is 5.24. The highest BCUT2D eigenvalue weighted by Crippen LogP contribution is 2.13. The molecule has 0 spiro atoms. The normalized spacial score (nSPS) is 10.8. The molecule has 0 saturated carbocycles. The van der Waals surface area contributed by atoms with E-state index in [1.54, 1.807) is 7.05 Å². The predicted molar refractivity (Wildman–Crippen MR) is 51.9 cm³/mol. The third kappa shape index (κ3) is 2.09. The number of aliphatic imine (C=N–C) groups is 1. The summed E-state index contributed by atoms with van der Waals surface area (Å²) >= 11 is 4.31. The average Bonchev–Trinajstić information content (AvgIpc) is 1.95. The van der Waals surface area contributed by atoms with Crippen LogP contribution in [0.4, 0.5) is 0 Å². The summed E-state index contributed by atoms with van der Waals surface area (Å²) in [7, 11) is 1.76. The minimum Gasteiger partial charge on any atom is -0.296 e. The minimum atomic E-state index is 0.982. The second-order valence-corrected chi connectivity index (χ2v) is 2.93. The maximum absolute atomic E-state index is 4.31. The number of hydrogen-bond acceptors (Lipinski definition) is 2. The van der Waals surface area contributed by atoms with Crippen molar-refractivity contribution in [3.8, 4) is 0 Å². The molecule has 0 unspecified atom stereocenters.